The fourth-order valence-corrected chi connectivity index (χ4v) is 0.777. The van der Waals surface area contributed by atoms with Crippen LogP contribution in [0.3, 0.4) is 0 Å². The van der Waals surface area contributed by atoms with Crippen molar-refractivity contribution in [3.63, 3.8) is 0 Å². The lowest BCUT2D eigenvalue weighted by Gasteiger charge is -2.21. The second-order valence-corrected chi connectivity index (χ2v) is 2.05. The summed E-state index contributed by atoms with van der Waals surface area (Å²) >= 11 is 0. The van der Waals surface area contributed by atoms with Gasteiger partial charge in [0.25, 0.3) is 0 Å². The van der Waals surface area contributed by atoms with Gasteiger partial charge in [0.15, 0.2) is 0 Å². The first kappa shape index (κ1) is 8.88. The van der Waals surface area contributed by atoms with Crippen molar-refractivity contribution in [1.29, 1.82) is 0 Å². The van der Waals surface area contributed by atoms with Gasteiger partial charge in [-0.25, -0.2) is 0 Å². The molecule has 0 bridgehead atoms. The van der Waals surface area contributed by atoms with Crippen molar-refractivity contribution < 1.29 is 0 Å². The Hall–Kier alpha value is -0.120. The highest BCUT2D eigenvalue weighted by atomic mass is 15.2. The molecule has 0 radical (unpaired) electrons. The van der Waals surface area contributed by atoms with Gasteiger partial charge in [0.2, 0.25) is 0 Å². The van der Waals surface area contributed by atoms with Gasteiger partial charge in [-0.05, 0) is 14.1 Å². The van der Waals surface area contributed by atoms with E-state index in [-0.39, 0.29) is 0 Å². The van der Waals surface area contributed by atoms with Crippen molar-refractivity contribution in [3.05, 3.63) is 0 Å². The molecule has 0 saturated carbocycles. The summed E-state index contributed by atoms with van der Waals surface area (Å²) in [5.41, 5.74) is 4.50. The molecule has 3 nitrogen and oxygen atoms in total. The molecule has 3 N–H and O–H groups in total. The van der Waals surface area contributed by atoms with Gasteiger partial charge in [-0.2, -0.15) is 0 Å². The van der Waals surface area contributed by atoms with Crippen molar-refractivity contribution in [1.82, 2.24) is 10.2 Å². The summed E-state index contributed by atoms with van der Waals surface area (Å²) in [6.45, 7) is 4.74. The van der Waals surface area contributed by atoms with Gasteiger partial charge < -0.3 is 16.0 Å². The van der Waals surface area contributed by atoms with Gasteiger partial charge in [-0.1, -0.05) is 0 Å². The Kier molecular flexibility index (Phi) is 5.93. The van der Waals surface area contributed by atoms with E-state index >= 15 is 0 Å². The summed E-state index contributed by atoms with van der Waals surface area (Å²) in [5, 5.41) is 3.27. The summed E-state index contributed by atoms with van der Waals surface area (Å²) in [5.74, 6) is 0. The number of likely N-dealkylation sites (N-methyl/N-ethyl adjacent to an activating group) is 1. The Labute approximate surface area is 57.2 Å². The molecule has 0 aromatic heterocycles. The first-order valence-electron chi connectivity index (χ1n) is 3.36. The molecule has 1 heterocycles. The van der Waals surface area contributed by atoms with Gasteiger partial charge in [0, 0.05) is 26.2 Å². The van der Waals surface area contributed by atoms with E-state index in [1.165, 1.54) is 20.1 Å². The lowest BCUT2D eigenvalue weighted by atomic mass is 10.4. The van der Waals surface area contributed by atoms with E-state index < -0.39 is 0 Å². The van der Waals surface area contributed by atoms with Crippen molar-refractivity contribution >= 4 is 0 Å². The SMILES string of the molecule is CN.CN1CCNCC1. The average Bonchev–Trinajstić information content (AvgIpc) is 1.94. The van der Waals surface area contributed by atoms with Crippen LogP contribution in [0.2, 0.25) is 0 Å². The minimum atomic E-state index is 1.16. The molecular formula is C6H17N3. The molecule has 1 aliphatic heterocycles. The predicted molar refractivity (Wildman–Crippen MR) is 40.5 cm³/mol. The topological polar surface area (TPSA) is 41.3 Å². The maximum atomic E-state index is 4.50. The zero-order chi connectivity index (χ0) is 7.11. The molecule has 56 valence electrons. The summed E-state index contributed by atoms with van der Waals surface area (Å²) in [6.07, 6.45) is 0. The summed E-state index contributed by atoms with van der Waals surface area (Å²) in [7, 11) is 3.65. The Morgan fingerprint density at radius 2 is 1.67 bits per heavy atom. The van der Waals surface area contributed by atoms with Crippen molar-refractivity contribution in [2.24, 2.45) is 5.73 Å². The number of rotatable bonds is 0. The average molecular weight is 131 g/mol. The van der Waals surface area contributed by atoms with Crippen LogP contribution in [0.5, 0.6) is 0 Å². The Morgan fingerprint density at radius 3 is 1.89 bits per heavy atom. The number of hydrogen-bond acceptors (Lipinski definition) is 3. The second kappa shape index (κ2) is 6.01. The van der Waals surface area contributed by atoms with Crippen molar-refractivity contribution in [2.45, 2.75) is 0 Å². The standard InChI is InChI=1S/C5H12N2.CH5N/c1-7-4-2-6-3-5-7;1-2/h6H,2-5H2,1H3;2H2,1H3. The molecule has 1 rings (SSSR count). The molecule has 0 aromatic carbocycles. The van der Waals surface area contributed by atoms with Crippen LogP contribution in [0.15, 0.2) is 0 Å². The molecular weight excluding hydrogens is 114 g/mol. The molecule has 0 unspecified atom stereocenters. The third-order valence-corrected chi connectivity index (χ3v) is 1.34. The van der Waals surface area contributed by atoms with E-state index in [1.807, 2.05) is 0 Å². The lowest BCUT2D eigenvalue weighted by Crippen LogP contribution is -2.40. The predicted octanol–water partition coefficient (Wildman–Crippen LogP) is -0.904. The van der Waals surface area contributed by atoms with Crippen LogP contribution in [-0.2, 0) is 0 Å². The van der Waals surface area contributed by atoms with E-state index in [2.05, 4.69) is 23.0 Å². The molecule has 3 heteroatoms. The molecule has 1 fully saturated rings. The molecule has 0 atom stereocenters. The number of hydrogen-bond donors (Lipinski definition) is 2. The van der Waals surface area contributed by atoms with Crippen LogP contribution in [0.1, 0.15) is 0 Å². The van der Waals surface area contributed by atoms with Crippen LogP contribution in [0.4, 0.5) is 0 Å². The van der Waals surface area contributed by atoms with Crippen molar-refractivity contribution in [3.8, 4) is 0 Å². The molecule has 0 spiro atoms. The van der Waals surface area contributed by atoms with E-state index in [9.17, 15) is 0 Å². The zero-order valence-electron chi connectivity index (χ0n) is 6.35. The van der Waals surface area contributed by atoms with Crippen LogP contribution in [0.25, 0.3) is 0 Å². The Balaban J connectivity index is 0.000000291. The van der Waals surface area contributed by atoms with Crippen LogP contribution in [-0.4, -0.2) is 45.2 Å². The van der Waals surface area contributed by atoms with E-state index in [4.69, 9.17) is 0 Å². The summed E-state index contributed by atoms with van der Waals surface area (Å²) in [6, 6.07) is 0. The summed E-state index contributed by atoms with van der Waals surface area (Å²) < 4.78 is 0. The summed E-state index contributed by atoms with van der Waals surface area (Å²) in [4.78, 5) is 2.33. The highest BCUT2D eigenvalue weighted by molar-refractivity contribution is 4.62. The molecule has 1 saturated heterocycles. The van der Waals surface area contributed by atoms with Gasteiger partial charge in [0.1, 0.15) is 0 Å². The molecule has 9 heavy (non-hydrogen) atoms. The fourth-order valence-electron chi connectivity index (χ4n) is 0.777. The third-order valence-electron chi connectivity index (χ3n) is 1.34. The first-order chi connectivity index (χ1) is 4.39. The number of piperazine rings is 1. The Bertz CT molecular complexity index is 50.3. The quantitative estimate of drug-likeness (QED) is 0.447. The lowest BCUT2D eigenvalue weighted by molar-refractivity contribution is 0.291. The smallest absolute Gasteiger partial charge is 0.0104 e. The fraction of sp³-hybridized carbons (Fsp3) is 1.00. The van der Waals surface area contributed by atoms with Crippen LogP contribution < -0.4 is 11.1 Å². The monoisotopic (exact) mass is 131 g/mol. The second-order valence-electron chi connectivity index (χ2n) is 2.05. The van der Waals surface area contributed by atoms with Gasteiger partial charge in [-0.3, -0.25) is 0 Å². The van der Waals surface area contributed by atoms with E-state index in [1.54, 1.807) is 0 Å². The first-order valence-corrected chi connectivity index (χ1v) is 3.36. The van der Waals surface area contributed by atoms with Gasteiger partial charge >= 0.3 is 0 Å². The van der Waals surface area contributed by atoms with Gasteiger partial charge in [-0.15, -0.1) is 0 Å². The maximum absolute atomic E-state index is 4.50. The largest absolute Gasteiger partial charge is 0.333 e. The number of nitrogens with zero attached hydrogens (tertiary/aromatic N) is 1. The minimum absolute atomic E-state index is 1.16. The van der Waals surface area contributed by atoms with Crippen LogP contribution in [0, 0.1) is 0 Å². The van der Waals surface area contributed by atoms with E-state index in [0.717, 1.165) is 13.1 Å². The number of nitrogens with two attached hydrogens (primary N) is 1. The van der Waals surface area contributed by atoms with Crippen LogP contribution >= 0.6 is 0 Å². The Morgan fingerprint density at radius 1 is 1.22 bits per heavy atom. The minimum Gasteiger partial charge on any atom is -0.333 e. The van der Waals surface area contributed by atoms with E-state index in [0.29, 0.717) is 0 Å². The normalized spacial score (nSPS) is 20.3. The molecule has 0 amide bonds. The molecule has 1 aliphatic rings. The molecule has 0 aromatic rings. The van der Waals surface area contributed by atoms with Gasteiger partial charge in [0.05, 0.1) is 0 Å². The highest BCUT2D eigenvalue weighted by Crippen LogP contribution is 1.82. The maximum Gasteiger partial charge on any atom is 0.0104 e. The zero-order valence-corrected chi connectivity index (χ0v) is 6.35. The highest BCUT2D eigenvalue weighted by Gasteiger charge is 2.01. The van der Waals surface area contributed by atoms with Crippen molar-refractivity contribution in [2.75, 3.05) is 40.3 Å². The molecule has 0 aliphatic carbocycles. The number of nitrogens with one attached hydrogen (secondary N) is 1. The third kappa shape index (κ3) is 4.39.